The minimum absolute atomic E-state index is 0.0831. The predicted octanol–water partition coefficient (Wildman–Crippen LogP) is 1.72. The Kier molecular flexibility index (Phi) is 3.54. The second kappa shape index (κ2) is 4.94. The van der Waals surface area contributed by atoms with Crippen LogP contribution in [-0.2, 0) is 11.3 Å². The molecule has 4 heteroatoms. The normalized spacial score (nSPS) is 23.8. The number of aromatic nitrogens is 1. The molecule has 1 atom stereocenters. The van der Waals surface area contributed by atoms with Crippen LogP contribution in [0.1, 0.15) is 19.4 Å². The van der Waals surface area contributed by atoms with Gasteiger partial charge in [0.1, 0.15) is 11.8 Å². The minimum atomic E-state index is -0.176. The third-order valence-corrected chi connectivity index (χ3v) is 3.13. The summed E-state index contributed by atoms with van der Waals surface area (Å²) in [6, 6.07) is 4.05. The predicted molar refractivity (Wildman–Crippen MR) is 68.0 cm³/mol. The fourth-order valence-electron chi connectivity index (χ4n) is 1.94. The van der Waals surface area contributed by atoms with Crippen molar-refractivity contribution in [3.8, 4) is 0 Å². The van der Waals surface area contributed by atoms with Crippen LogP contribution in [0.3, 0.4) is 0 Å². The number of hydrogen-bond donors (Lipinski definition) is 0. The number of rotatable bonds is 3. The fraction of sp³-hybridized carbons (Fsp3) is 0.538. The van der Waals surface area contributed by atoms with Crippen molar-refractivity contribution in [3.63, 3.8) is 0 Å². The minimum Gasteiger partial charge on any atom is -0.374 e. The molecule has 0 bridgehead atoms. The summed E-state index contributed by atoms with van der Waals surface area (Å²) in [4.78, 5) is 11.0. The number of nitrogens with zero attached hydrogens (tertiary/aromatic N) is 3. The molecule has 1 aliphatic rings. The third-order valence-electron chi connectivity index (χ3n) is 3.13. The second-order valence-corrected chi connectivity index (χ2v) is 4.79. The van der Waals surface area contributed by atoms with Crippen LogP contribution < -0.4 is 0 Å². The molecule has 0 saturated heterocycles. The Morgan fingerprint density at radius 2 is 2.35 bits per heavy atom. The van der Waals surface area contributed by atoms with Gasteiger partial charge in [-0.15, -0.1) is 0 Å². The van der Waals surface area contributed by atoms with Gasteiger partial charge in [-0.2, -0.15) is 0 Å². The summed E-state index contributed by atoms with van der Waals surface area (Å²) in [5.74, 6) is 0. The summed E-state index contributed by atoms with van der Waals surface area (Å²) in [6.45, 7) is 5.94. The van der Waals surface area contributed by atoms with Crippen LogP contribution >= 0.6 is 0 Å². The molecule has 92 valence electrons. The van der Waals surface area contributed by atoms with Gasteiger partial charge in [-0.05, 0) is 25.5 Å². The number of methoxy groups -OCH3 is 1. The molecule has 0 saturated carbocycles. The largest absolute Gasteiger partial charge is 0.374 e. The van der Waals surface area contributed by atoms with Gasteiger partial charge in [0.2, 0.25) is 0 Å². The molecule has 0 radical (unpaired) electrons. The first kappa shape index (κ1) is 12.2. The van der Waals surface area contributed by atoms with Crippen molar-refractivity contribution in [2.24, 2.45) is 4.99 Å². The highest BCUT2D eigenvalue weighted by Crippen LogP contribution is 2.22. The van der Waals surface area contributed by atoms with Crippen molar-refractivity contribution in [1.82, 2.24) is 9.88 Å². The standard InChI is InChI=1S/C13H19N3O/c1-13(2)15-8-12(17-3)10-16(13)9-11-5-4-6-14-7-11/h4-8,12H,9-10H2,1-3H3. The SMILES string of the molecule is COC1C=NC(C)(C)N(Cc2cccnc2)C1. The Labute approximate surface area is 102 Å². The first-order valence-corrected chi connectivity index (χ1v) is 5.84. The summed E-state index contributed by atoms with van der Waals surface area (Å²) in [6.07, 6.45) is 5.68. The molecule has 17 heavy (non-hydrogen) atoms. The van der Waals surface area contributed by atoms with E-state index in [1.165, 1.54) is 5.56 Å². The van der Waals surface area contributed by atoms with Gasteiger partial charge in [0.25, 0.3) is 0 Å². The van der Waals surface area contributed by atoms with Gasteiger partial charge >= 0.3 is 0 Å². The maximum Gasteiger partial charge on any atom is 0.107 e. The van der Waals surface area contributed by atoms with Crippen LogP contribution in [0, 0.1) is 0 Å². The fourth-order valence-corrected chi connectivity index (χ4v) is 1.94. The average molecular weight is 233 g/mol. The summed E-state index contributed by atoms with van der Waals surface area (Å²) in [7, 11) is 1.72. The summed E-state index contributed by atoms with van der Waals surface area (Å²) in [5.41, 5.74) is 1.03. The van der Waals surface area contributed by atoms with Gasteiger partial charge in [0.15, 0.2) is 0 Å². The van der Waals surface area contributed by atoms with E-state index in [1.54, 1.807) is 13.3 Å². The van der Waals surface area contributed by atoms with Crippen molar-refractivity contribution in [1.29, 1.82) is 0 Å². The molecule has 0 amide bonds. The highest BCUT2D eigenvalue weighted by Gasteiger charge is 2.31. The summed E-state index contributed by atoms with van der Waals surface area (Å²) >= 11 is 0. The van der Waals surface area contributed by atoms with E-state index in [2.05, 4.69) is 34.8 Å². The number of pyridine rings is 1. The van der Waals surface area contributed by atoms with E-state index in [1.807, 2.05) is 18.5 Å². The molecule has 0 fully saturated rings. The molecule has 2 heterocycles. The second-order valence-electron chi connectivity index (χ2n) is 4.79. The quantitative estimate of drug-likeness (QED) is 0.797. The van der Waals surface area contributed by atoms with E-state index in [9.17, 15) is 0 Å². The Bertz CT molecular complexity index is 389. The zero-order chi connectivity index (χ0) is 12.3. The van der Waals surface area contributed by atoms with Crippen molar-refractivity contribution in [3.05, 3.63) is 30.1 Å². The van der Waals surface area contributed by atoms with Crippen LogP contribution in [-0.4, -0.2) is 41.5 Å². The topological polar surface area (TPSA) is 37.7 Å². The summed E-state index contributed by atoms with van der Waals surface area (Å²) in [5, 5.41) is 0. The lowest BCUT2D eigenvalue weighted by Crippen LogP contribution is -2.50. The average Bonchev–Trinajstić information content (AvgIpc) is 2.33. The van der Waals surface area contributed by atoms with Crippen LogP contribution in [0.5, 0.6) is 0 Å². The highest BCUT2D eigenvalue weighted by molar-refractivity contribution is 5.65. The van der Waals surface area contributed by atoms with Gasteiger partial charge in [-0.3, -0.25) is 14.9 Å². The number of ether oxygens (including phenoxy) is 1. The maximum absolute atomic E-state index is 5.35. The Morgan fingerprint density at radius 3 is 3.00 bits per heavy atom. The van der Waals surface area contributed by atoms with Gasteiger partial charge in [0, 0.05) is 38.8 Å². The van der Waals surface area contributed by atoms with Gasteiger partial charge in [-0.25, -0.2) is 0 Å². The Balaban J connectivity index is 2.12. The first-order chi connectivity index (χ1) is 8.12. The Morgan fingerprint density at radius 1 is 1.53 bits per heavy atom. The van der Waals surface area contributed by atoms with Crippen LogP contribution in [0.25, 0.3) is 0 Å². The van der Waals surface area contributed by atoms with Crippen molar-refractivity contribution in [2.75, 3.05) is 13.7 Å². The molecule has 1 aromatic heterocycles. The van der Waals surface area contributed by atoms with E-state index in [0.717, 1.165) is 13.1 Å². The zero-order valence-corrected chi connectivity index (χ0v) is 10.6. The van der Waals surface area contributed by atoms with Crippen LogP contribution in [0.15, 0.2) is 29.5 Å². The Hall–Kier alpha value is -1.26. The molecule has 1 unspecified atom stereocenters. The lowest BCUT2D eigenvalue weighted by atomic mass is 10.1. The molecule has 1 aromatic rings. The molecule has 1 aliphatic heterocycles. The van der Waals surface area contributed by atoms with E-state index in [0.29, 0.717) is 0 Å². The van der Waals surface area contributed by atoms with Gasteiger partial charge in [0.05, 0.1) is 0 Å². The lowest BCUT2D eigenvalue weighted by Gasteiger charge is -2.40. The first-order valence-electron chi connectivity index (χ1n) is 5.84. The number of hydrogen-bond acceptors (Lipinski definition) is 4. The lowest BCUT2D eigenvalue weighted by molar-refractivity contribution is 0.0401. The van der Waals surface area contributed by atoms with Crippen molar-refractivity contribution >= 4 is 6.21 Å². The zero-order valence-electron chi connectivity index (χ0n) is 10.6. The van der Waals surface area contributed by atoms with E-state index in [-0.39, 0.29) is 11.8 Å². The smallest absolute Gasteiger partial charge is 0.107 e. The number of aliphatic imine (C=N–C) groups is 1. The van der Waals surface area contributed by atoms with Crippen LogP contribution in [0.4, 0.5) is 0 Å². The molecule has 4 nitrogen and oxygen atoms in total. The van der Waals surface area contributed by atoms with E-state index in [4.69, 9.17) is 4.74 Å². The molecular weight excluding hydrogens is 214 g/mol. The molecule has 0 N–H and O–H groups in total. The van der Waals surface area contributed by atoms with Crippen LogP contribution in [0.2, 0.25) is 0 Å². The monoisotopic (exact) mass is 233 g/mol. The third kappa shape index (κ3) is 2.90. The van der Waals surface area contributed by atoms with Gasteiger partial charge < -0.3 is 4.74 Å². The molecular formula is C13H19N3O. The molecule has 2 rings (SSSR count). The maximum atomic E-state index is 5.35. The molecule has 0 aromatic carbocycles. The van der Waals surface area contributed by atoms with E-state index < -0.39 is 0 Å². The molecule has 0 spiro atoms. The van der Waals surface area contributed by atoms with E-state index >= 15 is 0 Å². The van der Waals surface area contributed by atoms with Gasteiger partial charge in [-0.1, -0.05) is 6.07 Å². The highest BCUT2D eigenvalue weighted by atomic mass is 16.5. The molecule has 0 aliphatic carbocycles. The van der Waals surface area contributed by atoms with Crippen molar-refractivity contribution in [2.45, 2.75) is 32.2 Å². The van der Waals surface area contributed by atoms with Crippen molar-refractivity contribution < 1.29 is 4.74 Å². The summed E-state index contributed by atoms with van der Waals surface area (Å²) < 4.78 is 5.35.